The zero-order valence-corrected chi connectivity index (χ0v) is 20.0. The smallest absolute Gasteiger partial charge is 0.258 e. The van der Waals surface area contributed by atoms with Crippen LogP contribution in [0, 0.1) is 24.0 Å². The molecule has 0 amide bonds. The topological polar surface area (TPSA) is 99.6 Å². The Morgan fingerprint density at radius 2 is 1.50 bits per heavy atom. The van der Waals surface area contributed by atoms with E-state index in [4.69, 9.17) is 15.1 Å². The van der Waals surface area contributed by atoms with Gasteiger partial charge in [0, 0.05) is 23.5 Å². The van der Waals surface area contributed by atoms with Crippen LogP contribution in [0.1, 0.15) is 28.1 Å². The molecule has 5 rings (SSSR count). The number of hydrogen-bond donors (Lipinski definition) is 0. The van der Waals surface area contributed by atoms with Gasteiger partial charge in [-0.15, -0.1) is 5.10 Å². The lowest BCUT2D eigenvalue weighted by atomic mass is 10.0. The van der Waals surface area contributed by atoms with Crippen molar-refractivity contribution in [1.29, 1.82) is 0 Å². The number of aromatic nitrogens is 5. The van der Waals surface area contributed by atoms with Crippen molar-refractivity contribution in [3.63, 3.8) is 0 Å². The SMILES string of the molecule is Cc1cc(Cc2ccc([N+](=O)[O-])cc2)cc(-c2nc(-c3cccc(C)n3)n(Cc3ccccc3)n2)n1. The zero-order valence-electron chi connectivity index (χ0n) is 20.0. The van der Waals surface area contributed by atoms with E-state index in [1.807, 2.05) is 67.1 Å². The first-order valence-electron chi connectivity index (χ1n) is 11.6. The number of non-ortho nitro benzene ring substituents is 1. The number of hydrogen-bond acceptors (Lipinski definition) is 6. The molecule has 8 nitrogen and oxygen atoms in total. The molecule has 0 saturated carbocycles. The van der Waals surface area contributed by atoms with Crippen molar-refractivity contribution in [2.24, 2.45) is 0 Å². The second kappa shape index (κ2) is 9.87. The Kier molecular flexibility index (Phi) is 6.32. The molecule has 5 aromatic rings. The van der Waals surface area contributed by atoms with Gasteiger partial charge in [0.1, 0.15) is 11.4 Å². The van der Waals surface area contributed by atoms with Gasteiger partial charge in [-0.05, 0) is 61.2 Å². The molecule has 3 heterocycles. The van der Waals surface area contributed by atoms with Crippen LogP contribution in [-0.4, -0.2) is 29.7 Å². The van der Waals surface area contributed by atoms with Gasteiger partial charge in [0.2, 0.25) is 0 Å². The van der Waals surface area contributed by atoms with E-state index in [0.29, 0.717) is 30.3 Å². The molecule has 8 heteroatoms. The predicted octanol–water partition coefficient (Wildman–Crippen LogP) is 5.57. The van der Waals surface area contributed by atoms with E-state index in [9.17, 15) is 10.1 Å². The summed E-state index contributed by atoms with van der Waals surface area (Å²) in [5, 5.41) is 15.8. The van der Waals surface area contributed by atoms with Gasteiger partial charge >= 0.3 is 0 Å². The molecule has 0 aliphatic rings. The number of aryl methyl sites for hydroxylation is 2. The molecular weight excluding hydrogens is 452 g/mol. The van der Waals surface area contributed by atoms with Crippen LogP contribution >= 0.6 is 0 Å². The summed E-state index contributed by atoms with van der Waals surface area (Å²) < 4.78 is 1.87. The lowest BCUT2D eigenvalue weighted by Crippen LogP contribution is -2.05. The summed E-state index contributed by atoms with van der Waals surface area (Å²) >= 11 is 0. The summed E-state index contributed by atoms with van der Waals surface area (Å²) in [5.41, 5.74) is 6.37. The van der Waals surface area contributed by atoms with Gasteiger partial charge in [-0.1, -0.05) is 48.5 Å². The Morgan fingerprint density at radius 3 is 2.22 bits per heavy atom. The number of benzene rings is 2. The minimum atomic E-state index is -0.392. The average Bonchev–Trinajstić information content (AvgIpc) is 3.28. The number of rotatable bonds is 7. The Balaban J connectivity index is 1.52. The van der Waals surface area contributed by atoms with Crippen molar-refractivity contribution >= 4 is 5.69 Å². The highest BCUT2D eigenvalue weighted by molar-refractivity contribution is 5.58. The summed E-state index contributed by atoms with van der Waals surface area (Å²) in [6, 6.07) is 26.6. The summed E-state index contributed by atoms with van der Waals surface area (Å²) in [7, 11) is 0. The molecular formula is C28H24N6O2. The number of pyridine rings is 2. The van der Waals surface area contributed by atoms with Crippen molar-refractivity contribution in [2.75, 3.05) is 0 Å². The van der Waals surface area contributed by atoms with E-state index in [2.05, 4.69) is 17.1 Å². The number of nitro groups is 1. The molecule has 36 heavy (non-hydrogen) atoms. The van der Waals surface area contributed by atoms with Crippen LogP contribution < -0.4 is 0 Å². The molecule has 0 fully saturated rings. The third kappa shape index (κ3) is 5.17. The van der Waals surface area contributed by atoms with Crippen LogP contribution in [0.3, 0.4) is 0 Å². The van der Waals surface area contributed by atoms with E-state index in [-0.39, 0.29) is 5.69 Å². The molecule has 0 saturated heterocycles. The normalized spacial score (nSPS) is 10.9. The van der Waals surface area contributed by atoms with Crippen LogP contribution in [0.4, 0.5) is 5.69 Å². The fourth-order valence-corrected chi connectivity index (χ4v) is 4.10. The van der Waals surface area contributed by atoms with Crippen LogP contribution in [-0.2, 0) is 13.0 Å². The van der Waals surface area contributed by atoms with Gasteiger partial charge < -0.3 is 0 Å². The molecule has 0 spiro atoms. The van der Waals surface area contributed by atoms with Crippen molar-refractivity contribution in [3.05, 3.63) is 123 Å². The minimum Gasteiger partial charge on any atom is -0.258 e. The van der Waals surface area contributed by atoms with Crippen molar-refractivity contribution < 1.29 is 4.92 Å². The maximum Gasteiger partial charge on any atom is 0.269 e. The van der Waals surface area contributed by atoms with Crippen molar-refractivity contribution in [2.45, 2.75) is 26.8 Å². The molecule has 0 aliphatic heterocycles. The minimum absolute atomic E-state index is 0.0794. The second-order valence-electron chi connectivity index (χ2n) is 8.67. The van der Waals surface area contributed by atoms with Crippen LogP contribution in [0.5, 0.6) is 0 Å². The summed E-state index contributed by atoms with van der Waals surface area (Å²) in [6.45, 7) is 4.45. The fraction of sp³-hybridized carbons (Fsp3) is 0.143. The second-order valence-corrected chi connectivity index (χ2v) is 8.67. The lowest BCUT2D eigenvalue weighted by molar-refractivity contribution is -0.384. The molecule has 0 atom stereocenters. The van der Waals surface area contributed by atoms with Crippen LogP contribution in [0.15, 0.2) is 84.9 Å². The molecule has 0 unspecified atom stereocenters. The van der Waals surface area contributed by atoms with Gasteiger partial charge in [-0.3, -0.25) is 10.1 Å². The monoisotopic (exact) mass is 476 g/mol. The molecule has 0 radical (unpaired) electrons. The third-order valence-electron chi connectivity index (χ3n) is 5.76. The zero-order chi connectivity index (χ0) is 25.1. The highest BCUT2D eigenvalue weighted by Gasteiger charge is 2.17. The van der Waals surface area contributed by atoms with Crippen LogP contribution in [0.2, 0.25) is 0 Å². The van der Waals surface area contributed by atoms with Gasteiger partial charge in [0.25, 0.3) is 5.69 Å². The maximum atomic E-state index is 11.0. The Morgan fingerprint density at radius 1 is 0.750 bits per heavy atom. The fourth-order valence-electron chi connectivity index (χ4n) is 4.10. The van der Waals surface area contributed by atoms with E-state index in [1.54, 1.807) is 12.1 Å². The third-order valence-corrected chi connectivity index (χ3v) is 5.76. The average molecular weight is 477 g/mol. The molecule has 2 aromatic carbocycles. The van der Waals surface area contributed by atoms with Gasteiger partial charge in [-0.25, -0.2) is 19.6 Å². The molecule has 0 bridgehead atoms. The Hall–Kier alpha value is -4.72. The van der Waals surface area contributed by atoms with Crippen molar-refractivity contribution in [1.82, 2.24) is 24.7 Å². The molecule has 0 aliphatic carbocycles. The Bertz CT molecular complexity index is 1530. The van der Waals surface area contributed by atoms with E-state index >= 15 is 0 Å². The van der Waals surface area contributed by atoms with E-state index in [0.717, 1.165) is 33.8 Å². The van der Waals surface area contributed by atoms with E-state index < -0.39 is 4.92 Å². The quantitative estimate of drug-likeness (QED) is 0.225. The molecule has 178 valence electrons. The standard InChI is InChI=1S/C28H24N6O2/c1-19-7-6-10-25(29-19)28-31-27(32-33(28)18-22-8-4-3-5-9-22)26-17-23(15-20(2)30-26)16-21-11-13-24(14-12-21)34(35)36/h3-15,17H,16,18H2,1-2H3. The van der Waals surface area contributed by atoms with E-state index in [1.165, 1.54) is 12.1 Å². The highest BCUT2D eigenvalue weighted by atomic mass is 16.6. The van der Waals surface area contributed by atoms with Gasteiger partial charge in [-0.2, -0.15) is 0 Å². The number of nitro benzene ring substituents is 1. The van der Waals surface area contributed by atoms with Gasteiger partial charge in [0.15, 0.2) is 11.6 Å². The highest BCUT2D eigenvalue weighted by Crippen LogP contribution is 2.24. The Labute approximate surface area is 208 Å². The summed E-state index contributed by atoms with van der Waals surface area (Å²) in [6.07, 6.45) is 0.616. The summed E-state index contributed by atoms with van der Waals surface area (Å²) in [5.74, 6) is 1.20. The first-order chi connectivity index (χ1) is 17.4. The van der Waals surface area contributed by atoms with Crippen molar-refractivity contribution in [3.8, 4) is 23.0 Å². The molecule has 0 N–H and O–H groups in total. The maximum absolute atomic E-state index is 11.0. The number of nitrogens with zero attached hydrogens (tertiary/aromatic N) is 6. The first kappa shape index (κ1) is 23.0. The largest absolute Gasteiger partial charge is 0.269 e. The van der Waals surface area contributed by atoms with Gasteiger partial charge in [0.05, 0.1) is 11.5 Å². The summed E-state index contributed by atoms with van der Waals surface area (Å²) in [4.78, 5) is 24.8. The lowest BCUT2D eigenvalue weighted by Gasteiger charge is -2.06. The molecule has 3 aromatic heterocycles. The predicted molar refractivity (Wildman–Crippen MR) is 137 cm³/mol. The van der Waals surface area contributed by atoms with Crippen LogP contribution in [0.25, 0.3) is 23.0 Å². The first-order valence-corrected chi connectivity index (χ1v) is 11.6.